The van der Waals surface area contributed by atoms with Gasteiger partial charge in [-0.2, -0.15) is 0 Å². The van der Waals surface area contributed by atoms with E-state index in [1.807, 2.05) is 0 Å². The average Bonchev–Trinajstić information content (AvgIpc) is 2.94. The van der Waals surface area contributed by atoms with Gasteiger partial charge in [-0.3, -0.25) is 9.59 Å². The molecule has 0 saturated carbocycles. The van der Waals surface area contributed by atoms with Crippen LogP contribution in [-0.4, -0.2) is 18.4 Å². The van der Waals surface area contributed by atoms with Crippen LogP contribution in [-0.2, 0) is 9.59 Å². The minimum absolute atomic E-state index is 0.0775. The summed E-state index contributed by atoms with van der Waals surface area (Å²) in [7, 11) is 0. The molecule has 1 saturated heterocycles. The highest BCUT2D eigenvalue weighted by atomic mass is 79.9. The van der Waals surface area contributed by atoms with Gasteiger partial charge in [0.05, 0.1) is 10.9 Å². The lowest BCUT2D eigenvalue weighted by atomic mass is 10.1. The van der Waals surface area contributed by atoms with Gasteiger partial charge < -0.3 is 10.2 Å². The fraction of sp³-hybridized carbons (Fsp3) is 0.176. The van der Waals surface area contributed by atoms with E-state index in [0.717, 1.165) is 10.2 Å². The van der Waals surface area contributed by atoms with Crippen LogP contribution in [0.2, 0.25) is 10.0 Å². The summed E-state index contributed by atoms with van der Waals surface area (Å²) in [6.07, 6.45) is 0.179. The second-order valence-electron chi connectivity index (χ2n) is 5.50. The maximum atomic E-state index is 12.4. The Morgan fingerprint density at radius 2 is 1.88 bits per heavy atom. The van der Waals surface area contributed by atoms with Crippen molar-refractivity contribution in [1.82, 2.24) is 0 Å². The first-order valence-electron chi connectivity index (χ1n) is 7.26. The SMILES string of the molecule is O=C(Nc1ccc(Br)c(Cl)c1)[C@H]1CC(=O)N(c2ccc(Cl)cc2)C1. The molecule has 0 radical (unpaired) electrons. The Balaban J connectivity index is 1.69. The van der Waals surface area contributed by atoms with Crippen molar-refractivity contribution >= 4 is 62.3 Å². The Hall–Kier alpha value is -1.56. The molecule has 1 fully saturated rings. The van der Waals surface area contributed by atoms with Crippen molar-refractivity contribution in [2.24, 2.45) is 5.92 Å². The normalized spacial score (nSPS) is 17.2. The number of rotatable bonds is 3. The Labute approximate surface area is 157 Å². The lowest BCUT2D eigenvalue weighted by molar-refractivity contribution is -0.122. The number of benzene rings is 2. The Kier molecular flexibility index (Phi) is 5.13. The predicted molar refractivity (Wildman–Crippen MR) is 99.7 cm³/mol. The summed E-state index contributed by atoms with van der Waals surface area (Å²) < 4.78 is 0.757. The quantitative estimate of drug-likeness (QED) is 0.768. The molecule has 124 valence electrons. The molecule has 0 bridgehead atoms. The van der Waals surface area contributed by atoms with Crippen molar-refractivity contribution in [3.63, 3.8) is 0 Å². The summed E-state index contributed by atoms with van der Waals surface area (Å²) >= 11 is 15.2. The van der Waals surface area contributed by atoms with Gasteiger partial charge in [0.25, 0.3) is 0 Å². The first kappa shape index (κ1) is 17.3. The van der Waals surface area contributed by atoms with Crippen LogP contribution >= 0.6 is 39.1 Å². The second kappa shape index (κ2) is 7.13. The Morgan fingerprint density at radius 1 is 1.17 bits per heavy atom. The molecule has 0 spiro atoms. The summed E-state index contributed by atoms with van der Waals surface area (Å²) in [6, 6.07) is 12.2. The van der Waals surface area contributed by atoms with Crippen LogP contribution in [0.15, 0.2) is 46.9 Å². The van der Waals surface area contributed by atoms with Gasteiger partial charge in [0.15, 0.2) is 0 Å². The van der Waals surface area contributed by atoms with Crippen molar-refractivity contribution in [3.05, 3.63) is 57.0 Å². The molecule has 1 aliphatic rings. The summed E-state index contributed by atoms with van der Waals surface area (Å²) in [6.45, 7) is 0.344. The van der Waals surface area contributed by atoms with Gasteiger partial charge in [0, 0.05) is 33.8 Å². The molecule has 4 nitrogen and oxygen atoms in total. The van der Waals surface area contributed by atoms with Crippen molar-refractivity contribution in [2.45, 2.75) is 6.42 Å². The number of nitrogens with one attached hydrogen (secondary N) is 1. The van der Waals surface area contributed by atoms with Gasteiger partial charge in [-0.25, -0.2) is 0 Å². The van der Waals surface area contributed by atoms with E-state index in [2.05, 4.69) is 21.2 Å². The molecule has 3 rings (SSSR count). The smallest absolute Gasteiger partial charge is 0.229 e. The van der Waals surface area contributed by atoms with E-state index in [-0.39, 0.29) is 18.2 Å². The highest BCUT2D eigenvalue weighted by molar-refractivity contribution is 9.10. The molecule has 7 heteroatoms. The van der Waals surface area contributed by atoms with Gasteiger partial charge in [-0.15, -0.1) is 0 Å². The van der Waals surface area contributed by atoms with Crippen molar-refractivity contribution < 1.29 is 9.59 Å². The average molecular weight is 428 g/mol. The minimum atomic E-state index is -0.407. The van der Waals surface area contributed by atoms with Gasteiger partial charge in [-0.05, 0) is 58.4 Å². The number of carbonyl (C=O) groups is 2. The zero-order valence-corrected chi connectivity index (χ0v) is 15.5. The van der Waals surface area contributed by atoms with Gasteiger partial charge in [-0.1, -0.05) is 23.2 Å². The van der Waals surface area contributed by atoms with Crippen molar-refractivity contribution in [3.8, 4) is 0 Å². The molecule has 0 aromatic heterocycles. The van der Waals surface area contributed by atoms with Crippen LogP contribution in [0.4, 0.5) is 11.4 Å². The van der Waals surface area contributed by atoms with Crippen LogP contribution in [0.5, 0.6) is 0 Å². The first-order valence-corrected chi connectivity index (χ1v) is 8.81. The molecule has 1 heterocycles. The summed E-state index contributed by atoms with van der Waals surface area (Å²) in [4.78, 5) is 26.2. The van der Waals surface area contributed by atoms with E-state index in [4.69, 9.17) is 23.2 Å². The highest BCUT2D eigenvalue weighted by Crippen LogP contribution is 2.29. The van der Waals surface area contributed by atoms with E-state index in [9.17, 15) is 9.59 Å². The summed E-state index contributed by atoms with van der Waals surface area (Å²) in [5, 5.41) is 3.93. The molecule has 2 aromatic carbocycles. The molecule has 2 aromatic rings. The number of hydrogen-bond donors (Lipinski definition) is 1. The van der Waals surface area contributed by atoms with E-state index in [1.165, 1.54) is 0 Å². The number of anilines is 2. The number of hydrogen-bond acceptors (Lipinski definition) is 2. The Morgan fingerprint density at radius 3 is 2.54 bits per heavy atom. The van der Waals surface area contributed by atoms with Gasteiger partial charge >= 0.3 is 0 Å². The van der Waals surface area contributed by atoms with Gasteiger partial charge in [0.2, 0.25) is 11.8 Å². The molecular weight excluding hydrogens is 415 g/mol. The van der Waals surface area contributed by atoms with Gasteiger partial charge in [0.1, 0.15) is 0 Å². The van der Waals surface area contributed by atoms with Crippen LogP contribution in [0.25, 0.3) is 0 Å². The first-order chi connectivity index (χ1) is 11.4. The molecule has 0 aliphatic carbocycles. The standard InChI is InChI=1S/C17H13BrCl2N2O2/c18-14-6-3-12(8-15(14)20)21-17(24)10-7-16(23)22(9-10)13-4-1-11(19)2-5-13/h1-6,8,10H,7,9H2,(H,21,24)/t10-/m0/s1. The summed E-state index contributed by atoms with van der Waals surface area (Å²) in [5.74, 6) is -0.680. The largest absolute Gasteiger partial charge is 0.326 e. The van der Waals surface area contributed by atoms with E-state index in [1.54, 1.807) is 47.4 Å². The van der Waals surface area contributed by atoms with Crippen LogP contribution < -0.4 is 10.2 Å². The van der Waals surface area contributed by atoms with Crippen LogP contribution in [0.3, 0.4) is 0 Å². The number of amides is 2. The third-order valence-electron chi connectivity index (χ3n) is 3.82. The zero-order chi connectivity index (χ0) is 17.3. The number of halogens is 3. The maximum absolute atomic E-state index is 12.4. The lowest BCUT2D eigenvalue weighted by Crippen LogP contribution is -2.28. The Bertz CT molecular complexity index is 796. The van der Waals surface area contributed by atoms with Crippen LogP contribution in [0, 0.1) is 5.92 Å². The second-order valence-corrected chi connectivity index (χ2v) is 7.20. The maximum Gasteiger partial charge on any atom is 0.229 e. The topological polar surface area (TPSA) is 49.4 Å². The number of carbonyl (C=O) groups excluding carboxylic acids is 2. The van der Waals surface area contributed by atoms with Crippen LogP contribution in [0.1, 0.15) is 6.42 Å². The molecule has 1 N–H and O–H groups in total. The van der Waals surface area contributed by atoms with E-state index in [0.29, 0.717) is 22.3 Å². The number of nitrogens with zero attached hydrogens (tertiary/aromatic N) is 1. The predicted octanol–water partition coefficient (Wildman–Crippen LogP) is 4.75. The fourth-order valence-corrected chi connectivity index (χ4v) is 3.13. The molecular formula is C17H13BrCl2N2O2. The molecule has 24 heavy (non-hydrogen) atoms. The third kappa shape index (κ3) is 3.74. The van der Waals surface area contributed by atoms with Crippen molar-refractivity contribution in [2.75, 3.05) is 16.8 Å². The minimum Gasteiger partial charge on any atom is -0.326 e. The summed E-state index contributed by atoms with van der Waals surface area (Å²) in [5.41, 5.74) is 1.34. The zero-order valence-electron chi connectivity index (χ0n) is 12.4. The third-order valence-corrected chi connectivity index (χ3v) is 5.31. The lowest BCUT2D eigenvalue weighted by Gasteiger charge is -2.16. The monoisotopic (exact) mass is 426 g/mol. The highest BCUT2D eigenvalue weighted by Gasteiger charge is 2.35. The van der Waals surface area contributed by atoms with E-state index >= 15 is 0 Å². The molecule has 0 unspecified atom stereocenters. The molecule has 2 amide bonds. The fourth-order valence-electron chi connectivity index (χ4n) is 2.57. The van der Waals surface area contributed by atoms with Crippen molar-refractivity contribution in [1.29, 1.82) is 0 Å². The molecule has 1 atom stereocenters. The van der Waals surface area contributed by atoms with E-state index < -0.39 is 5.92 Å². The molecule has 1 aliphatic heterocycles.